The zero-order chi connectivity index (χ0) is 9.97. The van der Waals surface area contributed by atoms with Crippen LogP contribution in [-0.2, 0) is 0 Å². The number of hydrogen-bond donors (Lipinski definition) is 2. The van der Waals surface area contributed by atoms with Gasteiger partial charge in [-0.15, -0.1) is 0 Å². The highest BCUT2D eigenvalue weighted by Gasteiger charge is 2.27. The molecule has 0 aliphatic carbocycles. The van der Waals surface area contributed by atoms with Gasteiger partial charge in [-0.2, -0.15) is 0 Å². The molecule has 0 unspecified atom stereocenters. The minimum absolute atomic E-state index is 0.240. The third-order valence-electron chi connectivity index (χ3n) is 2.85. The van der Waals surface area contributed by atoms with Gasteiger partial charge in [0.15, 0.2) is 0 Å². The van der Waals surface area contributed by atoms with Gasteiger partial charge in [-0.05, 0) is 17.7 Å². The Hall–Kier alpha value is -0.570. The molecule has 1 saturated heterocycles. The summed E-state index contributed by atoms with van der Waals surface area (Å²) in [5.41, 5.74) is 1.22. The van der Waals surface area contributed by atoms with Crippen LogP contribution in [0, 0.1) is 5.92 Å². The zero-order valence-electron chi connectivity index (χ0n) is 7.91. The van der Waals surface area contributed by atoms with Crippen molar-refractivity contribution >= 4 is 11.6 Å². The second kappa shape index (κ2) is 4.30. The number of hydrogen-bond acceptors (Lipinski definition) is 2. The molecule has 2 atom stereocenters. The van der Waals surface area contributed by atoms with Gasteiger partial charge in [0.25, 0.3) is 0 Å². The van der Waals surface area contributed by atoms with Crippen molar-refractivity contribution in [1.82, 2.24) is 5.32 Å². The fraction of sp³-hybridized carbons (Fsp3) is 0.455. The highest BCUT2D eigenvalue weighted by molar-refractivity contribution is 6.30. The molecule has 2 rings (SSSR count). The Balaban J connectivity index is 2.21. The number of rotatable bonds is 2. The van der Waals surface area contributed by atoms with E-state index < -0.39 is 0 Å². The Kier molecular flexibility index (Phi) is 3.06. The van der Waals surface area contributed by atoms with Gasteiger partial charge < -0.3 is 10.4 Å². The molecule has 76 valence electrons. The largest absolute Gasteiger partial charge is 0.396 e. The average molecular weight is 212 g/mol. The van der Waals surface area contributed by atoms with Crippen LogP contribution in [0.25, 0.3) is 0 Å². The lowest BCUT2D eigenvalue weighted by molar-refractivity contribution is 0.226. The molecule has 14 heavy (non-hydrogen) atoms. The molecule has 1 aliphatic rings. The van der Waals surface area contributed by atoms with Gasteiger partial charge in [0.05, 0.1) is 0 Å². The topological polar surface area (TPSA) is 32.3 Å². The fourth-order valence-corrected chi connectivity index (χ4v) is 2.25. The third kappa shape index (κ3) is 1.92. The van der Waals surface area contributed by atoms with E-state index in [1.165, 1.54) is 5.56 Å². The van der Waals surface area contributed by atoms with Gasteiger partial charge in [-0.3, -0.25) is 0 Å². The second-order valence-electron chi connectivity index (χ2n) is 3.76. The summed E-state index contributed by atoms with van der Waals surface area (Å²) < 4.78 is 0. The molecule has 1 aromatic carbocycles. The maximum Gasteiger partial charge on any atom is 0.0477 e. The summed E-state index contributed by atoms with van der Waals surface area (Å²) in [5.74, 6) is 0.729. The molecule has 2 nitrogen and oxygen atoms in total. The van der Waals surface area contributed by atoms with Gasteiger partial charge in [-0.25, -0.2) is 0 Å². The standard InChI is InChI=1S/C11H14ClNO/c12-10-3-1-2-8(4-10)11-6-13-5-9(11)7-14/h1-4,9,11,13-14H,5-7H2/t9-,11+/m0/s1. The van der Waals surface area contributed by atoms with Gasteiger partial charge >= 0.3 is 0 Å². The molecule has 3 heteroatoms. The molecule has 1 heterocycles. The number of aliphatic hydroxyl groups excluding tert-OH is 1. The van der Waals surface area contributed by atoms with Crippen LogP contribution in [0.15, 0.2) is 24.3 Å². The summed E-state index contributed by atoms with van der Waals surface area (Å²) in [6.45, 7) is 2.07. The van der Waals surface area contributed by atoms with E-state index in [9.17, 15) is 5.11 Å². The van der Waals surface area contributed by atoms with Crippen LogP contribution in [0.4, 0.5) is 0 Å². The fourth-order valence-electron chi connectivity index (χ4n) is 2.05. The van der Waals surface area contributed by atoms with Gasteiger partial charge in [0.1, 0.15) is 0 Å². The molecular formula is C11H14ClNO. The first kappa shape index (κ1) is 9.97. The highest BCUT2D eigenvalue weighted by atomic mass is 35.5. The molecule has 1 aromatic rings. The maximum atomic E-state index is 9.19. The first-order valence-corrected chi connectivity index (χ1v) is 5.26. The van der Waals surface area contributed by atoms with Crippen molar-refractivity contribution in [2.75, 3.05) is 19.7 Å². The van der Waals surface area contributed by atoms with Crippen LogP contribution in [0.5, 0.6) is 0 Å². The zero-order valence-corrected chi connectivity index (χ0v) is 8.67. The number of halogens is 1. The van der Waals surface area contributed by atoms with Crippen molar-refractivity contribution in [2.24, 2.45) is 5.92 Å². The minimum Gasteiger partial charge on any atom is -0.396 e. The van der Waals surface area contributed by atoms with Crippen LogP contribution >= 0.6 is 11.6 Å². The summed E-state index contributed by atoms with van der Waals surface area (Å²) in [6.07, 6.45) is 0. The van der Waals surface area contributed by atoms with Crippen molar-refractivity contribution in [1.29, 1.82) is 0 Å². The predicted molar refractivity (Wildman–Crippen MR) is 57.6 cm³/mol. The van der Waals surface area contributed by atoms with E-state index in [1.807, 2.05) is 18.2 Å². The van der Waals surface area contributed by atoms with Crippen molar-refractivity contribution in [3.63, 3.8) is 0 Å². The molecular weight excluding hydrogens is 198 g/mol. The number of benzene rings is 1. The maximum absolute atomic E-state index is 9.19. The van der Waals surface area contributed by atoms with Gasteiger partial charge in [0, 0.05) is 36.6 Å². The van der Waals surface area contributed by atoms with Crippen molar-refractivity contribution in [3.05, 3.63) is 34.9 Å². The van der Waals surface area contributed by atoms with Crippen LogP contribution < -0.4 is 5.32 Å². The van der Waals surface area contributed by atoms with E-state index in [4.69, 9.17) is 11.6 Å². The van der Waals surface area contributed by atoms with E-state index in [0.717, 1.165) is 18.1 Å². The monoisotopic (exact) mass is 211 g/mol. The van der Waals surface area contributed by atoms with Crippen LogP contribution in [0.2, 0.25) is 5.02 Å². The normalized spacial score (nSPS) is 26.7. The van der Waals surface area contributed by atoms with E-state index in [-0.39, 0.29) is 6.61 Å². The Morgan fingerprint density at radius 1 is 1.43 bits per heavy atom. The highest BCUT2D eigenvalue weighted by Crippen LogP contribution is 2.29. The minimum atomic E-state index is 0.240. The van der Waals surface area contributed by atoms with Crippen molar-refractivity contribution < 1.29 is 5.11 Å². The molecule has 0 spiro atoms. The number of nitrogens with one attached hydrogen (secondary N) is 1. The van der Waals surface area contributed by atoms with Crippen LogP contribution in [0.1, 0.15) is 11.5 Å². The van der Waals surface area contributed by atoms with Crippen molar-refractivity contribution in [2.45, 2.75) is 5.92 Å². The predicted octanol–water partition coefficient (Wildman–Crippen LogP) is 1.64. The summed E-state index contributed by atoms with van der Waals surface area (Å²) in [7, 11) is 0. The Morgan fingerprint density at radius 3 is 3.00 bits per heavy atom. The smallest absolute Gasteiger partial charge is 0.0477 e. The lowest BCUT2D eigenvalue weighted by Gasteiger charge is -2.16. The molecule has 1 aliphatic heterocycles. The second-order valence-corrected chi connectivity index (χ2v) is 4.20. The molecule has 0 saturated carbocycles. The van der Waals surface area contributed by atoms with E-state index >= 15 is 0 Å². The average Bonchev–Trinajstić information content (AvgIpc) is 2.65. The summed E-state index contributed by atoms with van der Waals surface area (Å²) >= 11 is 5.93. The first-order valence-electron chi connectivity index (χ1n) is 4.88. The van der Waals surface area contributed by atoms with Crippen LogP contribution in [-0.4, -0.2) is 24.8 Å². The van der Waals surface area contributed by atoms with Crippen molar-refractivity contribution in [3.8, 4) is 0 Å². The molecule has 0 radical (unpaired) electrons. The quantitative estimate of drug-likeness (QED) is 0.780. The molecule has 2 N–H and O–H groups in total. The Labute approximate surface area is 88.9 Å². The summed E-state index contributed by atoms with van der Waals surface area (Å²) in [6, 6.07) is 7.90. The van der Waals surface area contributed by atoms with E-state index in [1.54, 1.807) is 0 Å². The molecule has 0 bridgehead atoms. The van der Waals surface area contributed by atoms with E-state index in [2.05, 4.69) is 11.4 Å². The molecule has 0 aromatic heterocycles. The molecule has 0 amide bonds. The van der Waals surface area contributed by atoms with E-state index in [0.29, 0.717) is 11.8 Å². The lowest BCUT2D eigenvalue weighted by Crippen LogP contribution is -2.14. The van der Waals surface area contributed by atoms with Gasteiger partial charge in [0.2, 0.25) is 0 Å². The third-order valence-corrected chi connectivity index (χ3v) is 3.09. The first-order chi connectivity index (χ1) is 6.81. The number of aliphatic hydroxyl groups is 1. The summed E-state index contributed by atoms with van der Waals surface area (Å²) in [4.78, 5) is 0. The molecule has 1 fully saturated rings. The Bertz CT molecular complexity index is 316. The summed E-state index contributed by atoms with van der Waals surface area (Å²) in [5, 5.41) is 13.3. The SMILES string of the molecule is OC[C@@H]1CNC[C@@H]1c1cccc(Cl)c1. The lowest BCUT2D eigenvalue weighted by atomic mass is 9.90. The van der Waals surface area contributed by atoms with Gasteiger partial charge in [-0.1, -0.05) is 23.7 Å². The Morgan fingerprint density at radius 2 is 2.29 bits per heavy atom. The van der Waals surface area contributed by atoms with Crippen LogP contribution in [0.3, 0.4) is 0 Å².